The Morgan fingerprint density at radius 2 is 2.12 bits per heavy atom. The molecule has 24 heavy (non-hydrogen) atoms. The minimum absolute atomic E-state index is 0.271. The minimum atomic E-state index is -0.996. The molecule has 0 radical (unpaired) electrons. The van der Waals surface area contributed by atoms with Gasteiger partial charge in [0.2, 0.25) is 0 Å². The predicted octanol–water partition coefficient (Wildman–Crippen LogP) is 2.30. The van der Waals surface area contributed by atoms with E-state index in [9.17, 15) is 9.59 Å². The number of rotatable bonds is 4. The Kier molecular flexibility index (Phi) is 4.52. The molecule has 2 heterocycles. The molecule has 0 aliphatic rings. The largest absolute Gasteiger partial charge is 0.449 e. The predicted molar refractivity (Wildman–Crippen MR) is 89.3 cm³/mol. The maximum Gasteiger partial charge on any atom is 0.338 e. The van der Waals surface area contributed by atoms with Crippen LogP contribution in [0.3, 0.4) is 0 Å². The van der Waals surface area contributed by atoms with Crippen molar-refractivity contribution in [2.75, 3.05) is 5.32 Å². The summed E-state index contributed by atoms with van der Waals surface area (Å²) in [5, 5.41) is 2.59. The highest BCUT2D eigenvalue weighted by Gasteiger charge is 2.20. The third-order valence-electron chi connectivity index (χ3n) is 3.18. The fraction of sp³-hybridized carbons (Fsp3) is 0.133. The highest BCUT2D eigenvalue weighted by molar-refractivity contribution is 9.10. The lowest BCUT2D eigenvalue weighted by Crippen LogP contribution is -2.30. The molecule has 3 aromatic rings. The Bertz CT molecular complexity index is 911. The van der Waals surface area contributed by atoms with Crippen LogP contribution in [0, 0.1) is 0 Å². The number of hydrogen-bond acceptors (Lipinski definition) is 6. The number of carbonyl (C=O) groups is 2. The van der Waals surface area contributed by atoms with Crippen molar-refractivity contribution in [3.8, 4) is 0 Å². The fourth-order valence-electron chi connectivity index (χ4n) is 1.98. The normalized spacial score (nSPS) is 11.9. The van der Waals surface area contributed by atoms with Gasteiger partial charge in [0.05, 0.1) is 11.9 Å². The molecular formula is C15H12BrN5O3. The molecule has 0 saturated carbocycles. The Balaban J connectivity index is 1.69. The maximum absolute atomic E-state index is 12.2. The van der Waals surface area contributed by atoms with Gasteiger partial charge < -0.3 is 15.0 Å². The van der Waals surface area contributed by atoms with Crippen molar-refractivity contribution >= 4 is 44.8 Å². The van der Waals surface area contributed by atoms with E-state index in [1.807, 2.05) is 0 Å². The van der Waals surface area contributed by atoms with Gasteiger partial charge in [-0.25, -0.2) is 19.7 Å². The van der Waals surface area contributed by atoms with Crippen LogP contribution in [0.5, 0.6) is 0 Å². The molecule has 3 rings (SSSR count). The summed E-state index contributed by atoms with van der Waals surface area (Å²) in [6.07, 6.45) is 1.74. The molecule has 122 valence electrons. The van der Waals surface area contributed by atoms with Crippen molar-refractivity contribution in [1.82, 2.24) is 19.9 Å². The molecule has 0 aliphatic carbocycles. The van der Waals surface area contributed by atoms with Crippen LogP contribution in [0.1, 0.15) is 17.3 Å². The number of fused-ring (bicyclic) bond motifs is 1. The zero-order chi connectivity index (χ0) is 17.1. The SMILES string of the molecule is CC(OC(=O)c1cccc(Br)c1)C(=O)Nc1ncnc2nc[nH]c12. The lowest BCUT2D eigenvalue weighted by molar-refractivity contribution is -0.123. The van der Waals surface area contributed by atoms with Crippen LogP contribution >= 0.6 is 15.9 Å². The first-order valence-electron chi connectivity index (χ1n) is 6.96. The first-order valence-corrected chi connectivity index (χ1v) is 7.75. The van der Waals surface area contributed by atoms with Gasteiger partial charge in [-0.1, -0.05) is 22.0 Å². The fourth-order valence-corrected chi connectivity index (χ4v) is 2.37. The number of hydrogen-bond donors (Lipinski definition) is 2. The van der Waals surface area contributed by atoms with Crippen LogP contribution in [0.2, 0.25) is 0 Å². The van der Waals surface area contributed by atoms with Gasteiger partial charge in [0.1, 0.15) is 11.8 Å². The molecule has 0 fully saturated rings. The second-order valence-corrected chi connectivity index (χ2v) is 5.79. The van der Waals surface area contributed by atoms with E-state index < -0.39 is 18.0 Å². The maximum atomic E-state index is 12.2. The summed E-state index contributed by atoms with van der Waals surface area (Å²) in [5.41, 5.74) is 1.28. The summed E-state index contributed by atoms with van der Waals surface area (Å²) >= 11 is 3.28. The Morgan fingerprint density at radius 3 is 2.92 bits per heavy atom. The highest BCUT2D eigenvalue weighted by atomic mass is 79.9. The number of H-pyrrole nitrogens is 1. The monoisotopic (exact) mass is 389 g/mol. The molecule has 1 aromatic carbocycles. The molecule has 0 bridgehead atoms. The summed E-state index contributed by atoms with van der Waals surface area (Å²) in [5.74, 6) is -0.825. The van der Waals surface area contributed by atoms with Crippen LogP contribution in [-0.4, -0.2) is 37.9 Å². The lowest BCUT2D eigenvalue weighted by atomic mass is 10.2. The van der Waals surface area contributed by atoms with Gasteiger partial charge in [0.15, 0.2) is 17.6 Å². The topological polar surface area (TPSA) is 110 Å². The number of aromatic nitrogens is 4. The zero-order valence-corrected chi connectivity index (χ0v) is 14.1. The third-order valence-corrected chi connectivity index (χ3v) is 3.67. The van der Waals surface area contributed by atoms with Crippen LogP contribution in [0.15, 0.2) is 41.4 Å². The number of halogens is 1. The van der Waals surface area contributed by atoms with E-state index in [1.54, 1.807) is 24.3 Å². The number of benzene rings is 1. The summed E-state index contributed by atoms with van der Waals surface area (Å²) in [7, 11) is 0. The van der Waals surface area contributed by atoms with Crippen molar-refractivity contribution in [2.24, 2.45) is 0 Å². The summed E-state index contributed by atoms with van der Waals surface area (Å²) in [4.78, 5) is 39.1. The molecule has 1 amide bonds. The van der Waals surface area contributed by atoms with Gasteiger partial charge >= 0.3 is 5.97 Å². The smallest absolute Gasteiger partial charge is 0.338 e. The number of esters is 1. The van der Waals surface area contributed by atoms with E-state index in [4.69, 9.17) is 4.74 Å². The van der Waals surface area contributed by atoms with Gasteiger partial charge in [-0.2, -0.15) is 0 Å². The van der Waals surface area contributed by atoms with Crippen molar-refractivity contribution in [3.05, 3.63) is 47.0 Å². The second kappa shape index (κ2) is 6.75. The van der Waals surface area contributed by atoms with Gasteiger partial charge in [-0.3, -0.25) is 4.79 Å². The molecule has 0 aliphatic heterocycles. The van der Waals surface area contributed by atoms with E-state index in [2.05, 4.69) is 41.2 Å². The number of ether oxygens (including phenoxy) is 1. The molecule has 0 spiro atoms. The Morgan fingerprint density at radius 1 is 1.29 bits per heavy atom. The van der Waals surface area contributed by atoms with Crippen LogP contribution in [0.25, 0.3) is 11.2 Å². The Labute approximate surface area is 144 Å². The van der Waals surface area contributed by atoms with E-state index in [0.717, 1.165) is 4.47 Å². The third kappa shape index (κ3) is 3.40. The van der Waals surface area contributed by atoms with Crippen LogP contribution in [-0.2, 0) is 9.53 Å². The van der Waals surface area contributed by atoms with Crippen molar-refractivity contribution in [1.29, 1.82) is 0 Å². The number of anilines is 1. The molecule has 1 unspecified atom stereocenters. The standard InChI is InChI=1S/C15H12BrN5O3/c1-8(24-15(23)9-3-2-4-10(16)5-9)14(22)21-13-11-12(18-6-17-11)19-7-20-13/h2-8H,1H3,(H2,17,18,19,20,21,22). The van der Waals surface area contributed by atoms with Gasteiger partial charge in [-0.15, -0.1) is 0 Å². The molecule has 1 atom stereocenters. The summed E-state index contributed by atoms with van der Waals surface area (Å²) in [6.45, 7) is 1.48. The number of aromatic amines is 1. The van der Waals surface area contributed by atoms with Crippen molar-refractivity contribution in [3.63, 3.8) is 0 Å². The molecule has 0 saturated heterocycles. The van der Waals surface area contributed by atoms with Gasteiger partial charge in [-0.05, 0) is 25.1 Å². The number of amides is 1. The summed E-state index contributed by atoms with van der Waals surface area (Å²) in [6, 6.07) is 6.72. The van der Waals surface area contributed by atoms with Crippen LogP contribution in [0.4, 0.5) is 5.82 Å². The molecule has 8 nitrogen and oxygen atoms in total. The minimum Gasteiger partial charge on any atom is -0.449 e. The lowest BCUT2D eigenvalue weighted by Gasteiger charge is -2.13. The van der Waals surface area contributed by atoms with E-state index in [1.165, 1.54) is 19.6 Å². The van der Waals surface area contributed by atoms with Crippen molar-refractivity contribution in [2.45, 2.75) is 13.0 Å². The molecular weight excluding hydrogens is 378 g/mol. The van der Waals surface area contributed by atoms with E-state index in [0.29, 0.717) is 16.7 Å². The van der Waals surface area contributed by atoms with Crippen LogP contribution < -0.4 is 5.32 Å². The number of nitrogens with zero attached hydrogens (tertiary/aromatic N) is 3. The highest BCUT2D eigenvalue weighted by Crippen LogP contribution is 2.16. The summed E-state index contributed by atoms with van der Waals surface area (Å²) < 4.78 is 5.92. The van der Waals surface area contributed by atoms with Gasteiger partial charge in [0.25, 0.3) is 5.91 Å². The first kappa shape index (κ1) is 16.1. The molecule has 9 heteroatoms. The quantitative estimate of drug-likeness (QED) is 0.662. The zero-order valence-electron chi connectivity index (χ0n) is 12.5. The van der Waals surface area contributed by atoms with E-state index >= 15 is 0 Å². The Hall–Kier alpha value is -2.81. The molecule has 2 aromatic heterocycles. The number of carbonyl (C=O) groups excluding carboxylic acids is 2. The number of imidazole rings is 1. The second-order valence-electron chi connectivity index (χ2n) is 4.87. The first-order chi connectivity index (χ1) is 11.5. The number of nitrogens with one attached hydrogen (secondary N) is 2. The van der Waals surface area contributed by atoms with E-state index in [-0.39, 0.29) is 5.82 Å². The average Bonchev–Trinajstić information content (AvgIpc) is 3.04. The van der Waals surface area contributed by atoms with Crippen molar-refractivity contribution < 1.29 is 14.3 Å². The average molecular weight is 390 g/mol. The molecule has 2 N–H and O–H groups in total. The van der Waals surface area contributed by atoms with Gasteiger partial charge in [0, 0.05) is 4.47 Å².